The van der Waals surface area contributed by atoms with Crippen molar-refractivity contribution < 1.29 is 9.59 Å². The number of halogens is 2. The Balaban J connectivity index is 1.70. The maximum atomic E-state index is 13.3. The Labute approximate surface area is 204 Å². The summed E-state index contributed by atoms with van der Waals surface area (Å²) >= 11 is 9.55. The van der Waals surface area contributed by atoms with Crippen molar-refractivity contribution in [1.82, 2.24) is 20.1 Å². The third kappa shape index (κ3) is 4.92. The van der Waals surface area contributed by atoms with Gasteiger partial charge in [-0.15, -0.1) is 0 Å². The first-order chi connectivity index (χ1) is 15.8. The number of carbonyl (C=O) groups excluding carboxylic acids is 2. The van der Waals surface area contributed by atoms with Crippen LogP contribution in [0.2, 0.25) is 5.02 Å². The van der Waals surface area contributed by atoms with Gasteiger partial charge in [-0.25, -0.2) is 9.67 Å². The summed E-state index contributed by atoms with van der Waals surface area (Å²) in [6, 6.07) is 10.1. The fraction of sp³-hybridized carbons (Fsp3) is 0.261. The van der Waals surface area contributed by atoms with E-state index in [1.165, 1.54) is 16.8 Å². The normalized spacial score (nSPS) is 13.8. The standard InChI is InChI=1S/C23H20BrClN6O2/c1-12-8-14(11-26)9-16(22(32)28-13(2)15-5-6-15)20(12)29-23(33)18-10-19(24)30-31(18)21-17(25)4-3-7-27-21/h3-4,7-10,13,15H,5-6H2,1-2H3,(H,28,32)(H,29,33). The van der Waals surface area contributed by atoms with Gasteiger partial charge in [0.05, 0.1) is 27.9 Å². The number of amides is 2. The number of nitriles is 1. The first kappa shape index (κ1) is 23.0. The molecule has 1 atom stereocenters. The van der Waals surface area contributed by atoms with E-state index in [9.17, 15) is 14.9 Å². The average Bonchev–Trinajstić information content (AvgIpc) is 3.57. The number of nitrogens with one attached hydrogen (secondary N) is 2. The van der Waals surface area contributed by atoms with Crippen LogP contribution in [0, 0.1) is 24.2 Å². The first-order valence-corrected chi connectivity index (χ1v) is 11.5. The van der Waals surface area contributed by atoms with Gasteiger partial charge in [0.15, 0.2) is 5.82 Å². The zero-order valence-corrected chi connectivity index (χ0v) is 20.2. The Morgan fingerprint density at radius 1 is 1.30 bits per heavy atom. The minimum atomic E-state index is -0.507. The summed E-state index contributed by atoms with van der Waals surface area (Å²) in [5.41, 5.74) is 1.66. The second kappa shape index (κ2) is 9.33. The maximum Gasteiger partial charge on any atom is 0.274 e. The zero-order valence-electron chi connectivity index (χ0n) is 17.9. The zero-order chi connectivity index (χ0) is 23.7. The van der Waals surface area contributed by atoms with Gasteiger partial charge in [0.2, 0.25) is 0 Å². The molecule has 33 heavy (non-hydrogen) atoms. The Bertz CT molecular complexity index is 1290. The highest BCUT2D eigenvalue weighted by atomic mass is 79.9. The number of nitrogens with zero attached hydrogens (tertiary/aromatic N) is 4. The van der Waals surface area contributed by atoms with Crippen LogP contribution in [0.25, 0.3) is 5.82 Å². The predicted octanol–water partition coefficient (Wildman–Crippen LogP) is 4.64. The topological polar surface area (TPSA) is 113 Å². The second-order valence-electron chi connectivity index (χ2n) is 7.95. The maximum absolute atomic E-state index is 13.3. The van der Waals surface area contributed by atoms with Crippen LogP contribution in [0.5, 0.6) is 0 Å². The van der Waals surface area contributed by atoms with E-state index in [-0.39, 0.29) is 23.2 Å². The van der Waals surface area contributed by atoms with Crippen LogP contribution < -0.4 is 10.6 Å². The molecule has 0 saturated heterocycles. The number of aromatic nitrogens is 3. The van der Waals surface area contributed by atoms with Gasteiger partial charge in [-0.3, -0.25) is 9.59 Å². The van der Waals surface area contributed by atoms with Crippen molar-refractivity contribution in [1.29, 1.82) is 5.26 Å². The molecule has 2 N–H and O–H groups in total. The van der Waals surface area contributed by atoms with Crippen LogP contribution in [0.3, 0.4) is 0 Å². The van der Waals surface area contributed by atoms with E-state index < -0.39 is 5.91 Å². The molecule has 1 fully saturated rings. The highest BCUT2D eigenvalue weighted by molar-refractivity contribution is 9.10. The van der Waals surface area contributed by atoms with Gasteiger partial charge in [-0.2, -0.15) is 10.4 Å². The molecule has 1 aromatic carbocycles. The van der Waals surface area contributed by atoms with Crippen LogP contribution in [0.1, 0.15) is 51.7 Å². The van der Waals surface area contributed by atoms with E-state index in [2.05, 4.69) is 42.7 Å². The Morgan fingerprint density at radius 2 is 2.06 bits per heavy atom. The van der Waals surface area contributed by atoms with Crippen LogP contribution in [-0.4, -0.2) is 32.6 Å². The van der Waals surface area contributed by atoms with Gasteiger partial charge in [-0.1, -0.05) is 11.6 Å². The van der Waals surface area contributed by atoms with E-state index in [4.69, 9.17) is 11.6 Å². The molecule has 2 heterocycles. The van der Waals surface area contributed by atoms with Crippen molar-refractivity contribution in [3.8, 4) is 11.9 Å². The molecule has 1 aliphatic rings. The van der Waals surface area contributed by atoms with Gasteiger partial charge in [0, 0.05) is 18.3 Å². The molecule has 168 valence electrons. The van der Waals surface area contributed by atoms with Crippen molar-refractivity contribution in [2.24, 2.45) is 5.92 Å². The van der Waals surface area contributed by atoms with Gasteiger partial charge in [0.25, 0.3) is 11.8 Å². The first-order valence-electron chi connectivity index (χ1n) is 10.3. The third-order valence-corrected chi connectivity index (χ3v) is 6.17. The molecule has 8 nitrogen and oxygen atoms in total. The summed E-state index contributed by atoms with van der Waals surface area (Å²) < 4.78 is 1.75. The van der Waals surface area contributed by atoms with E-state index >= 15 is 0 Å². The monoisotopic (exact) mass is 526 g/mol. The molecule has 0 aliphatic heterocycles. The summed E-state index contributed by atoms with van der Waals surface area (Å²) in [6.45, 7) is 3.70. The van der Waals surface area contributed by atoms with Crippen molar-refractivity contribution in [3.05, 3.63) is 68.5 Å². The quantitative estimate of drug-likeness (QED) is 0.485. The van der Waals surface area contributed by atoms with Crippen molar-refractivity contribution >= 4 is 45.0 Å². The molecule has 2 amide bonds. The Kier molecular flexibility index (Phi) is 6.49. The van der Waals surface area contributed by atoms with E-state index in [1.807, 2.05) is 6.92 Å². The lowest BCUT2D eigenvalue weighted by Crippen LogP contribution is -2.35. The van der Waals surface area contributed by atoms with Gasteiger partial charge in [0.1, 0.15) is 10.3 Å². The van der Waals surface area contributed by atoms with E-state index in [1.54, 1.807) is 31.3 Å². The molecule has 1 saturated carbocycles. The lowest BCUT2D eigenvalue weighted by Gasteiger charge is -2.18. The number of pyridine rings is 1. The lowest BCUT2D eigenvalue weighted by atomic mass is 10.0. The molecular formula is C23H20BrClN6O2. The minimum Gasteiger partial charge on any atom is -0.349 e. The highest BCUT2D eigenvalue weighted by Gasteiger charge is 2.30. The molecular weight excluding hydrogens is 508 g/mol. The van der Waals surface area contributed by atoms with Crippen molar-refractivity contribution in [2.75, 3.05) is 5.32 Å². The summed E-state index contributed by atoms with van der Waals surface area (Å²) in [4.78, 5) is 30.6. The molecule has 10 heteroatoms. The average molecular weight is 528 g/mol. The summed E-state index contributed by atoms with van der Waals surface area (Å²) in [6.07, 6.45) is 3.71. The van der Waals surface area contributed by atoms with Crippen molar-refractivity contribution in [3.63, 3.8) is 0 Å². The Hall–Kier alpha value is -3.22. The number of hydrogen-bond donors (Lipinski definition) is 2. The molecule has 1 aliphatic carbocycles. The van der Waals surface area contributed by atoms with Gasteiger partial charge in [-0.05, 0) is 78.4 Å². The second-order valence-corrected chi connectivity index (χ2v) is 9.17. The summed E-state index contributed by atoms with van der Waals surface area (Å²) in [5.74, 6) is -0.0933. The van der Waals surface area contributed by atoms with Crippen LogP contribution >= 0.6 is 27.5 Å². The fourth-order valence-corrected chi connectivity index (χ4v) is 4.16. The van der Waals surface area contributed by atoms with Crippen molar-refractivity contribution in [2.45, 2.75) is 32.7 Å². The number of aryl methyl sites for hydroxylation is 1. The minimum absolute atomic E-state index is 0.00998. The molecule has 0 radical (unpaired) electrons. The molecule has 4 rings (SSSR count). The molecule has 2 aromatic heterocycles. The molecule has 3 aromatic rings. The number of carbonyl (C=O) groups is 2. The Morgan fingerprint density at radius 3 is 2.73 bits per heavy atom. The number of anilines is 1. The summed E-state index contributed by atoms with van der Waals surface area (Å²) in [7, 11) is 0. The van der Waals surface area contributed by atoms with Gasteiger partial charge >= 0.3 is 0 Å². The van der Waals surface area contributed by atoms with Gasteiger partial charge < -0.3 is 10.6 Å². The molecule has 0 bridgehead atoms. The SMILES string of the molecule is Cc1cc(C#N)cc(C(=O)NC(C)C2CC2)c1NC(=O)c1cc(Br)nn1-c1ncccc1Cl. The van der Waals surface area contributed by atoms with Crippen LogP contribution in [0.4, 0.5) is 5.69 Å². The highest BCUT2D eigenvalue weighted by Crippen LogP contribution is 2.33. The third-order valence-electron chi connectivity index (χ3n) is 5.49. The fourth-order valence-electron chi connectivity index (χ4n) is 3.58. The lowest BCUT2D eigenvalue weighted by molar-refractivity contribution is 0.0936. The van der Waals surface area contributed by atoms with Crippen LogP contribution in [-0.2, 0) is 0 Å². The largest absolute Gasteiger partial charge is 0.349 e. The number of hydrogen-bond acceptors (Lipinski definition) is 5. The van der Waals surface area contributed by atoms with E-state index in [0.717, 1.165) is 12.8 Å². The smallest absolute Gasteiger partial charge is 0.274 e. The number of rotatable bonds is 6. The molecule has 1 unspecified atom stereocenters. The summed E-state index contributed by atoms with van der Waals surface area (Å²) in [5, 5.41) is 19.8. The predicted molar refractivity (Wildman–Crippen MR) is 128 cm³/mol. The number of benzene rings is 1. The van der Waals surface area contributed by atoms with E-state index in [0.29, 0.717) is 38.2 Å². The molecule has 0 spiro atoms. The van der Waals surface area contributed by atoms with Crippen LogP contribution in [0.15, 0.2) is 41.1 Å².